The predicted octanol–water partition coefficient (Wildman–Crippen LogP) is 2.54. The molecule has 0 aliphatic carbocycles. The molecule has 15 heavy (non-hydrogen) atoms. The van der Waals surface area contributed by atoms with E-state index in [1.165, 1.54) is 30.8 Å². The van der Waals surface area contributed by atoms with Gasteiger partial charge in [0.05, 0.1) is 4.34 Å². The van der Waals surface area contributed by atoms with Crippen LogP contribution in [0.15, 0.2) is 12.1 Å². The van der Waals surface area contributed by atoms with Crippen molar-refractivity contribution in [2.45, 2.75) is 18.8 Å². The lowest BCUT2D eigenvalue weighted by atomic mass is 10.1. The summed E-state index contributed by atoms with van der Waals surface area (Å²) in [6, 6.07) is 4.08. The molecule has 2 rings (SSSR count). The lowest BCUT2D eigenvalue weighted by molar-refractivity contribution is 0.317. The lowest BCUT2D eigenvalue weighted by Crippen LogP contribution is -2.29. The second-order valence-corrected chi connectivity index (χ2v) is 5.83. The largest absolute Gasteiger partial charge is 0.330 e. The first-order valence-corrected chi connectivity index (χ1v) is 6.66. The molecule has 0 radical (unpaired) electrons. The highest BCUT2D eigenvalue weighted by atomic mass is 35.5. The van der Waals surface area contributed by atoms with E-state index >= 15 is 0 Å². The zero-order valence-corrected chi connectivity index (χ0v) is 10.4. The highest BCUT2D eigenvalue weighted by Crippen LogP contribution is 2.28. The molecule has 1 saturated heterocycles. The number of hydrogen-bond acceptors (Lipinski definition) is 3. The molecule has 0 amide bonds. The van der Waals surface area contributed by atoms with E-state index in [2.05, 4.69) is 11.0 Å². The fourth-order valence-electron chi connectivity index (χ4n) is 2.11. The van der Waals surface area contributed by atoms with Crippen LogP contribution in [0.4, 0.5) is 0 Å². The summed E-state index contributed by atoms with van der Waals surface area (Å²) in [5, 5.41) is 0. The zero-order chi connectivity index (χ0) is 10.7. The van der Waals surface area contributed by atoms with Crippen molar-refractivity contribution < 1.29 is 0 Å². The first-order chi connectivity index (χ1) is 7.29. The summed E-state index contributed by atoms with van der Waals surface area (Å²) >= 11 is 7.60. The van der Waals surface area contributed by atoms with Crippen molar-refractivity contribution in [1.82, 2.24) is 4.90 Å². The zero-order valence-electron chi connectivity index (χ0n) is 8.79. The van der Waals surface area contributed by atoms with Gasteiger partial charge in [0.25, 0.3) is 0 Å². The van der Waals surface area contributed by atoms with Gasteiger partial charge in [0.15, 0.2) is 0 Å². The van der Waals surface area contributed by atoms with E-state index in [1.54, 1.807) is 11.3 Å². The van der Waals surface area contributed by atoms with Crippen LogP contribution >= 0.6 is 22.9 Å². The Morgan fingerprint density at radius 2 is 2.13 bits per heavy atom. The molecule has 0 saturated carbocycles. The average molecular weight is 245 g/mol. The number of nitrogens with two attached hydrogens (primary N) is 1. The molecule has 1 aromatic heterocycles. The second kappa shape index (κ2) is 5.30. The van der Waals surface area contributed by atoms with Gasteiger partial charge in [-0.1, -0.05) is 11.6 Å². The van der Waals surface area contributed by atoms with Crippen molar-refractivity contribution in [2.75, 3.05) is 26.2 Å². The van der Waals surface area contributed by atoms with Gasteiger partial charge in [0, 0.05) is 23.9 Å². The van der Waals surface area contributed by atoms with Gasteiger partial charge in [-0.3, -0.25) is 0 Å². The minimum absolute atomic E-state index is 0.459. The third-order valence-corrected chi connectivity index (χ3v) is 4.35. The number of halogens is 1. The highest BCUT2D eigenvalue weighted by Gasteiger charge is 2.18. The Balaban J connectivity index is 1.97. The van der Waals surface area contributed by atoms with Gasteiger partial charge in [0.1, 0.15) is 0 Å². The standard InChI is InChI=1S/C11H17ClN2S/c12-11-4-3-10(15-11)9(7-13)8-14-5-1-2-6-14/h3-4,9H,1-2,5-8,13H2. The molecule has 0 aromatic carbocycles. The molecule has 1 fully saturated rings. The summed E-state index contributed by atoms with van der Waals surface area (Å²) in [7, 11) is 0. The van der Waals surface area contributed by atoms with Crippen LogP contribution in [0, 0.1) is 0 Å². The maximum absolute atomic E-state index is 5.94. The van der Waals surface area contributed by atoms with Crippen LogP contribution in [0.2, 0.25) is 4.34 Å². The van der Waals surface area contributed by atoms with Gasteiger partial charge in [-0.2, -0.15) is 0 Å². The van der Waals surface area contributed by atoms with E-state index in [9.17, 15) is 0 Å². The normalized spacial score (nSPS) is 19.6. The summed E-state index contributed by atoms with van der Waals surface area (Å²) in [5.74, 6) is 0.459. The summed E-state index contributed by atoms with van der Waals surface area (Å²) in [6.07, 6.45) is 2.67. The highest BCUT2D eigenvalue weighted by molar-refractivity contribution is 7.16. The maximum Gasteiger partial charge on any atom is 0.0931 e. The average Bonchev–Trinajstić information content (AvgIpc) is 2.85. The molecule has 1 aromatic rings. The van der Waals surface area contributed by atoms with Gasteiger partial charge in [-0.25, -0.2) is 0 Å². The topological polar surface area (TPSA) is 29.3 Å². The fraction of sp³-hybridized carbons (Fsp3) is 0.636. The summed E-state index contributed by atoms with van der Waals surface area (Å²) in [4.78, 5) is 3.83. The van der Waals surface area contributed by atoms with Crippen molar-refractivity contribution in [3.8, 4) is 0 Å². The first-order valence-electron chi connectivity index (χ1n) is 5.47. The number of thiophene rings is 1. The van der Waals surface area contributed by atoms with Crippen LogP contribution in [-0.4, -0.2) is 31.1 Å². The smallest absolute Gasteiger partial charge is 0.0931 e. The molecular formula is C11H17ClN2S. The number of rotatable bonds is 4. The quantitative estimate of drug-likeness (QED) is 0.882. The Morgan fingerprint density at radius 3 is 2.67 bits per heavy atom. The second-order valence-electron chi connectivity index (χ2n) is 4.08. The molecule has 4 heteroatoms. The third-order valence-electron chi connectivity index (χ3n) is 2.96. The minimum atomic E-state index is 0.459. The van der Waals surface area contributed by atoms with E-state index in [1.807, 2.05) is 6.07 Å². The van der Waals surface area contributed by atoms with Crippen LogP contribution in [0.3, 0.4) is 0 Å². The Hall–Kier alpha value is -0.0900. The van der Waals surface area contributed by atoms with Crippen LogP contribution in [0.25, 0.3) is 0 Å². The summed E-state index contributed by atoms with van der Waals surface area (Å²) < 4.78 is 0.866. The van der Waals surface area contributed by atoms with Crippen molar-refractivity contribution >= 4 is 22.9 Å². The van der Waals surface area contributed by atoms with Crippen molar-refractivity contribution in [1.29, 1.82) is 0 Å². The van der Waals surface area contributed by atoms with Crippen molar-refractivity contribution in [3.05, 3.63) is 21.3 Å². The minimum Gasteiger partial charge on any atom is -0.330 e. The van der Waals surface area contributed by atoms with E-state index in [-0.39, 0.29) is 0 Å². The molecule has 2 nitrogen and oxygen atoms in total. The van der Waals surface area contributed by atoms with Gasteiger partial charge < -0.3 is 10.6 Å². The molecule has 1 aliphatic rings. The molecule has 1 aliphatic heterocycles. The molecule has 1 unspecified atom stereocenters. The van der Waals surface area contributed by atoms with Crippen LogP contribution in [-0.2, 0) is 0 Å². The van der Waals surface area contributed by atoms with Gasteiger partial charge in [-0.05, 0) is 38.1 Å². The Labute approximate surface area is 100 Å². The van der Waals surface area contributed by atoms with Gasteiger partial charge in [-0.15, -0.1) is 11.3 Å². The Bertz CT molecular complexity index is 307. The van der Waals surface area contributed by atoms with Crippen LogP contribution < -0.4 is 5.73 Å². The Kier molecular flexibility index (Phi) is 4.03. The molecule has 0 spiro atoms. The monoisotopic (exact) mass is 244 g/mol. The first kappa shape index (κ1) is 11.4. The molecule has 2 N–H and O–H groups in total. The fourth-order valence-corrected chi connectivity index (χ4v) is 3.27. The number of nitrogens with zero attached hydrogens (tertiary/aromatic N) is 1. The number of likely N-dealkylation sites (tertiary alicyclic amines) is 1. The molecular weight excluding hydrogens is 228 g/mol. The molecule has 2 heterocycles. The van der Waals surface area contributed by atoms with Gasteiger partial charge in [0.2, 0.25) is 0 Å². The van der Waals surface area contributed by atoms with E-state index in [0.29, 0.717) is 12.5 Å². The predicted molar refractivity (Wildman–Crippen MR) is 66.8 cm³/mol. The molecule has 84 valence electrons. The van der Waals surface area contributed by atoms with Gasteiger partial charge >= 0.3 is 0 Å². The van der Waals surface area contributed by atoms with Crippen molar-refractivity contribution in [2.24, 2.45) is 5.73 Å². The van der Waals surface area contributed by atoms with E-state index in [4.69, 9.17) is 17.3 Å². The van der Waals surface area contributed by atoms with E-state index < -0.39 is 0 Å². The Morgan fingerprint density at radius 1 is 1.40 bits per heavy atom. The van der Waals surface area contributed by atoms with Crippen LogP contribution in [0.5, 0.6) is 0 Å². The summed E-state index contributed by atoms with van der Waals surface area (Å²) in [6.45, 7) is 4.27. The maximum atomic E-state index is 5.94. The third kappa shape index (κ3) is 2.94. The van der Waals surface area contributed by atoms with Crippen LogP contribution in [0.1, 0.15) is 23.6 Å². The van der Waals surface area contributed by atoms with E-state index in [0.717, 1.165) is 10.9 Å². The van der Waals surface area contributed by atoms with Crippen molar-refractivity contribution in [3.63, 3.8) is 0 Å². The number of hydrogen-bond donors (Lipinski definition) is 1. The summed E-state index contributed by atoms with van der Waals surface area (Å²) in [5.41, 5.74) is 5.83. The molecule has 1 atom stereocenters. The lowest BCUT2D eigenvalue weighted by Gasteiger charge is -2.21. The SMILES string of the molecule is NCC(CN1CCCC1)c1ccc(Cl)s1. The molecule has 0 bridgehead atoms.